The molecule has 0 aliphatic carbocycles. The van der Waals surface area contributed by atoms with Gasteiger partial charge in [0.2, 0.25) is 0 Å². The second kappa shape index (κ2) is 9.21. The summed E-state index contributed by atoms with van der Waals surface area (Å²) in [6.07, 6.45) is 3.47. The predicted molar refractivity (Wildman–Crippen MR) is 110 cm³/mol. The standard InChI is InChI=1S/C22H24N4O4/c1-5-30-22(28)15-10-11-17(24-14(15)2)21(27)25-19(20-23-12-13-26(20)3)16-8-6-7-9-18(16)29-4/h6-13,19H,5H2,1-4H3,(H,25,27). The minimum atomic E-state index is -0.555. The molecule has 0 aliphatic rings. The number of methoxy groups -OCH3 is 1. The van der Waals surface area contributed by atoms with E-state index >= 15 is 0 Å². The summed E-state index contributed by atoms with van der Waals surface area (Å²) in [6, 6.07) is 9.94. The Morgan fingerprint density at radius 1 is 1.20 bits per heavy atom. The number of aryl methyl sites for hydroxylation is 2. The van der Waals surface area contributed by atoms with Gasteiger partial charge >= 0.3 is 5.97 Å². The van der Waals surface area contributed by atoms with Gasteiger partial charge in [-0.05, 0) is 32.0 Å². The van der Waals surface area contributed by atoms with Crippen molar-refractivity contribution in [3.63, 3.8) is 0 Å². The van der Waals surface area contributed by atoms with Crippen molar-refractivity contribution in [2.24, 2.45) is 7.05 Å². The minimum Gasteiger partial charge on any atom is -0.496 e. The number of carbonyl (C=O) groups is 2. The first-order valence-corrected chi connectivity index (χ1v) is 9.52. The largest absolute Gasteiger partial charge is 0.496 e. The fourth-order valence-corrected chi connectivity index (χ4v) is 3.16. The van der Waals surface area contributed by atoms with Crippen molar-refractivity contribution in [2.45, 2.75) is 19.9 Å². The van der Waals surface area contributed by atoms with Crippen LogP contribution in [0.1, 0.15) is 50.9 Å². The first kappa shape index (κ1) is 21.0. The van der Waals surface area contributed by atoms with E-state index in [-0.39, 0.29) is 12.3 Å². The van der Waals surface area contributed by atoms with Crippen LogP contribution in [0, 0.1) is 6.92 Å². The van der Waals surface area contributed by atoms with Gasteiger partial charge in [-0.3, -0.25) is 4.79 Å². The van der Waals surface area contributed by atoms with Gasteiger partial charge in [-0.2, -0.15) is 0 Å². The molecule has 1 amide bonds. The van der Waals surface area contributed by atoms with E-state index < -0.39 is 17.9 Å². The summed E-state index contributed by atoms with van der Waals surface area (Å²) in [7, 11) is 3.43. The first-order valence-electron chi connectivity index (χ1n) is 9.52. The highest BCUT2D eigenvalue weighted by molar-refractivity contribution is 5.95. The van der Waals surface area contributed by atoms with Gasteiger partial charge in [-0.15, -0.1) is 0 Å². The van der Waals surface area contributed by atoms with Gasteiger partial charge < -0.3 is 19.4 Å². The maximum absolute atomic E-state index is 13.0. The van der Waals surface area contributed by atoms with E-state index in [1.54, 1.807) is 39.4 Å². The third-order valence-electron chi connectivity index (χ3n) is 4.66. The van der Waals surface area contributed by atoms with E-state index in [0.717, 1.165) is 5.56 Å². The Bertz CT molecular complexity index is 1060. The maximum Gasteiger partial charge on any atom is 0.339 e. The highest BCUT2D eigenvalue weighted by Crippen LogP contribution is 2.29. The molecule has 0 saturated carbocycles. The molecule has 0 saturated heterocycles. The summed E-state index contributed by atoms with van der Waals surface area (Å²) in [4.78, 5) is 33.7. The Morgan fingerprint density at radius 2 is 1.97 bits per heavy atom. The SMILES string of the molecule is CCOC(=O)c1ccc(C(=O)NC(c2ccccc2OC)c2nccn2C)nc1C. The number of imidazole rings is 1. The lowest BCUT2D eigenvalue weighted by molar-refractivity contribution is 0.0524. The fraction of sp³-hybridized carbons (Fsp3) is 0.273. The highest BCUT2D eigenvalue weighted by atomic mass is 16.5. The normalized spacial score (nSPS) is 11.6. The lowest BCUT2D eigenvalue weighted by atomic mass is 10.0. The van der Waals surface area contributed by atoms with Crippen LogP contribution in [0.25, 0.3) is 0 Å². The molecule has 156 valence electrons. The number of para-hydroxylation sites is 1. The maximum atomic E-state index is 13.0. The van der Waals surface area contributed by atoms with Crippen molar-refractivity contribution < 1.29 is 19.1 Å². The third kappa shape index (κ3) is 4.32. The number of nitrogens with one attached hydrogen (secondary N) is 1. The van der Waals surface area contributed by atoms with Gasteiger partial charge in [0, 0.05) is 25.0 Å². The zero-order valence-corrected chi connectivity index (χ0v) is 17.4. The molecule has 0 bridgehead atoms. The predicted octanol–water partition coefficient (Wildman–Crippen LogP) is 2.83. The number of nitrogens with zero attached hydrogens (tertiary/aromatic N) is 3. The van der Waals surface area contributed by atoms with Gasteiger partial charge in [0.1, 0.15) is 23.3 Å². The van der Waals surface area contributed by atoms with Gasteiger partial charge in [0.15, 0.2) is 0 Å². The molecule has 2 aromatic heterocycles. The Balaban J connectivity index is 1.94. The average molecular weight is 408 g/mol. The van der Waals surface area contributed by atoms with E-state index in [1.165, 1.54) is 6.07 Å². The molecule has 1 atom stereocenters. The number of rotatable bonds is 7. The second-order valence-electron chi connectivity index (χ2n) is 6.59. The van der Waals surface area contributed by atoms with Crippen molar-refractivity contribution in [1.29, 1.82) is 0 Å². The fourth-order valence-electron chi connectivity index (χ4n) is 3.16. The Kier molecular flexibility index (Phi) is 6.46. The number of hydrogen-bond acceptors (Lipinski definition) is 6. The number of aromatic nitrogens is 3. The molecule has 0 radical (unpaired) electrons. The van der Waals surface area contributed by atoms with E-state index in [9.17, 15) is 9.59 Å². The van der Waals surface area contributed by atoms with Crippen LogP contribution >= 0.6 is 0 Å². The van der Waals surface area contributed by atoms with Gasteiger partial charge in [0.25, 0.3) is 5.91 Å². The summed E-state index contributed by atoms with van der Waals surface area (Å²) in [6.45, 7) is 3.67. The molecule has 3 rings (SSSR count). The number of esters is 1. The monoisotopic (exact) mass is 408 g/mol. The van der Waals surface area contributed by atoms with E-state index in [2.05, 4.69) is 15.3 Å². The summed E-state index contributed by atoms with van der Waals surface area (Å²) < 4.78 is 12.3. The summed E-state index contributed by atoms with van der Waals surface area (Å²) >= 11 is 0. The molecule has 1 unspecified atom stereocenters. The lowest BCUT2D eigenvalue weighted by Crippen LogP contribution is -2.32. The molecular weight excluding hydrogens is 384 g/mol. The summed E-state index contributed by atoms with van der Waals surface area (Å²) in [5.41, 5.74) is 1.71. The molecule has 0 spiro atoms. The molecule has 0 fully saturated rings. The third-order valence-corrected chi connectivity index (χ3v) is 4.66. The molecule has 1 aromatic carbocycles. The van der Waals surface area contributed by atoms with Crippen LogP contribution in [0.15, 0.2) is 48.8 Å². The zero-order valence-electron chi connectivity index (χ0n) is 17.4. The number of hydrogen-bond donors (Lipinski definition) is 1. The molecular formula is C22H24N4O4. The Morgan fingerprint density at radius 3 is 2.60 bits per heavy atom. The molecule has 2 heterocycles. The Hall–Kier alpha value is -3.68. The van der Waals surface area contributed by atoms with Crippen molar-refractivity contribution in [3.8, 4) is 5.75 Å². The highest BCUT2D eigenvalue weighted by Gasteiger charge is 2.25. The number of benzene rings is 1. The van der Waals surface area contributed by atoms with Gasteiger partial charge in [-0.25, -0.2) is 14.8 Å². The topological polar surface area (TPSA) is 95.3 Å². The van der Waals surface area contributed by atoms with Crippen LogP contribution in [0.5, 0.6) is 5.75 Å². The molecule has 8 heteroatoms. The quantitative estimate of drug-likeness (QED) is 0.604. The van der Waals surface area contributed by atoms with E-state index in [1.807, 2.05) is 35.9 Å². The van der Waals surface area contributed by atoms with Crippen molar-refractivity contribution in [3.05, 3.63) is 77.1 Å². The molecule has 1 N–H and O–H groups in total. The lowest BCUT2D eigenvalue weighted by Gasteiger charge is -2.21. The van der Waals surface area contributed by atoms with Crippen LogP contribution in [0.4, 0.5) is 0 Å². The number of ether oxygens (including phenoxy) is 2. The zero-order chi connectivity index (χ0) is 21.7. The minimum absolute atomic E-state index is 0.189. The molecule has 30 heavy (non-hydrogen) atoms. The van der Waals surface area contributed by atoms with Crippen molar-refractivity contribution >= 4 is 11.9 Å². The molecule has 8 nitrogen and oxygen atoms in total. The number of carbonyl (C=O) groups excluding carboxylic acids is 2. The summed E-state index contributed by atoms with van der Waals surface area (Å²) in [5.74, 6) is 0.419. The van der Waals surface area contributed by atoms with Crippen LogP contribution in [0.2, 0.25) is 0 Å². The number of amides is 1. The van der Waals surface area contributed by atoms with Gasteiger partial charge in [-0.1, -0.05) is 18.2 Å². The van der Waals surface area contributed by atoms with E-state index in [4.69, 9.17) is 9.47 Å². The van der Waals surface area contributed by atoms with E-state index in [0.29, 0.717) is 22.8 Å². The van der Waals surface area contributed by atoms with Crippen LogP contribution in [-0.4, -0.2) is 40.1 Å². The van der Waals surface area contributed by atoms with Crippen molar-refractivity contribution in [1.82, 2.24) is 19.9 Å². The average Bonchev–Trinajstić information content (AvgIpc) is 3.17. The Labute approximate surface area is 174 Å². The second-order valence-corrected chi connectivity index (χ2v) is 6.59. The first-order chi connectivity index (χ1) is 14.5. The molecule has 3 aromatic rings. The number of pyridine rings is 1. The molecule has 0 aliphatic heterocycles. The van der Waals surface area contributed by atoms with Crippen LogP contribution < -0.4 is 10.1 Å². The van der Waals surface area contributed by atoms with Gasteiger partial charge in [0.05, 0.1) is 25.0 Å². The van der Waals surface area contributed by atoms with Crippen LogP contribution in [0.3, 0.4) is 0 Å². The van der Waals surface area contributed by atoms with Crippen LogP contribution in [-0.2, 0) is 11.8 Å². The van der Waals surface area contributed by atoms with Crippen molar-refractivity contribution in [2.75, 3.05) is 13.7 Å². The summed E-state index contributed by atoms with van der Waals surface area (Å²) in [5, 5.41) is 2.99. The smallest absolute Gasteiger partial charge is 0.339 e.